The Labute approximate surface area is 170 Å². The van der Waals surface area contributed by atoms with E-state index in [1.54, 1.807) is 6.07 Å². The summed E-state index contributed by atoms with van der Waals surface area (Å²) in [5.41, 5.74) is 1.14. The van der Waals surface area contributed by atoms with Crippen LogP contribution in [0.25, 0.3) is 11.0 Å². The summed E-state index contributed by atoms with van der Waals surface area (Å²) < 4.78 is 57.7. The van der Waals surface area contributed by atoms with Crippen molar-refractivity contribution in [2.45, 2.75) is 11.3 Å². The van der Waals surface area contributed by atoms with Crippen molar-refractivity contribution in [3.8, 4) is 0 Å². The third kappa shape index (κ3) is 4.04. The minimum atomic E-state index is -3.70. The summed E-state index contributed by atoms with van der Waals surface area (Å²) in [7, 11) is -3.70. The molecule has 3 aromatic rings. The normalized spacial score (nSPS) is 15.6. The number of morpholine rings is 1. The number of nitrogens with zero attached hydrogens (tertiary/aromatic N) is 2. The zero-order chi connectivity index (χ0) is 21.3. The lowest BCUT2D eigenvalue weighted by Gasteiger charge is -2.26. The number of ether oxygens (including phenoxy) is 1. The third-order valence-electron chi connectivity index (χ3n) is 4.67. The first-order valence-corrected chi connectivity index (χ1v) is 10.6. The van der Waals surface area contributed by atoms with E-state index >= 15 is 0 Å². The average molecular weight is 436 g/mol. The Morgan fingerprint density at radius 1 is 1.17 bits per heavy atom. The van der Waals surface area contributed by atoms with Crippen molar-refractivity contribution >= 4 is 32.7 Å². The highest BCUT2D eigenvalue weighted by atomic mass is 32.2. The molecular formula is C19H18F2N4O4S. The summed E-state index contributed by atoms with van der Waals surface area (Å²) in [6, 6.07) is 10.3. The fourth-order valence-electron chi connectivity index (χ4n) is 3.15. The molecule has 2 heterocycles. The number of H-pyrrole nitrogens is 1. The van der Waals surface area contributed by atoms with E-state index in [1.165, 1.54) is 40.7 Å². The minimum absolute atomic E-state index is 0.0628. The predicted molar refractivity (Wildman–Crippen MR) is 105 cm³/mol. The molecule has 0 bridgehead atoms. The van der Waals surface area contributed by atoms with E-state index in [0.717, 1.165) is 0 Å². The number of nitrogens with one attached hydrogen (secondary N) is 2. The second-order valence-corrected chi connectivity index (χ2v) is 8.59. The number of aromatic amines is 1. The van der Waals surface area contributed by atoms with Crippen molar-refractivity contribution < 1.29 is 26.7 Å². The number of imidazole rings is 1. The summed E-state index contributed by atoms with van der Waals surface area (Å²) in [5, 5.41) is 2.64. The number of hydrogen-bond donors (Lipinski definition) is 2. The molecule has 158 valence electrons. The van der Waals surface area contributed by atoms with E-state index in [0.29, 0.717) is 29.9 Å². The van der Waals surface area contributed by atoms with Crippen molar-refractivity contribution in [3.63, 3.8) is 0 Å². The number of rotatable bonds is 5. The number of fused-ring (bicyclic) bond motifs is 1. The van der Waals surface area contributed by atoms with Crippen LogP contribution < -0.4 is 5.32 Å². The topological polar surface area (TPSA) is 104 Å². The van der Waals surface area contributed by atoms with E-state index in [2.05, 4.69) is 15.3 Å². The second-order valence-electron chi connectivity index (χ2n) is 6.65. The van der Waals surface area contributed by atoms with Gasteiger partial charge in [0.1, 0.15) is 0 Å². The molecule has 1 aromatic heterocycles. The van der Waals surface area contributed by atoms with Crippen LogP contribution >= 0.6 is 0 Å². The molecular weight excluding hydrogens is 418 g/mol. The lowest BCUT2D eigenvalue weighted by molar-refractivity contribution is 0.0730. The first kappa shape index (κ1) is 20.4. The van der Waals surface area contributed by atoms with Gasteiger partial charge in [0.25, 0.3) is 12.3 Å². The van der Waals surface area contributed by atoms with E-state index < -0.39 is 28.2 Å². The molecule has 2 aromatic carbocycles. The van der Waals surface area contributed by atoms with Crippen LogP contribution in [-0.4, -0.2) is 54.9 Å². The molecule has 0 spiro atoms. The number of alkyl halides is 2. The number of carbonyl (C=O) groups is 1. The van der Waals surface area contributed by atoms with Crippen LogP contribution in [0.4, 0.5) is 14.5 Å². The number of aromatic nitrogens is 2. The number of carbonyl (C=O) groups excluding carboxylic acids is 1. The Hall–Kier alpha value is -2.89. The predicted octanol–water partition coefficient (Wildman–Crippen LogP) is 2.77. The number of amides is 1. The Morgan fingerprint density at radius 2 is 1.93 bits per heavy atom. The molecule has 1 saturated heterocycles. The molecule has 0 radical (unpaired) electrons. The lowest BCUT2D eigenvalue weighted by atomic mass is 10.2. The van der Waals surface area contributed by atoms with Gasteiger partial charge in [0.2, 0.25) is 10.0 Å². The average Bonchev–Trinajstić information content (AvgIpc) is 3.18. The molecule has 0 unspecified atom stereocenters. The maximum absolute atomic E-state index is 12.8. The largest absolute Gasteiger partial charge is 0.379 e. The van der Waals surface area contributed by atoms with Crippen LogP contribution in [0.2, 0.25) is 0 Å². The molecule has 1 fully saturated rings. The Kier molecular flexibility index (Phi) is 5.50. The van der Waals surface area contributed by atoms with Crippen molar-refractivity contribution in [3.05, 3.63) is 53.9 Å². The number of halogens is 2. The SMILES string of the molecule is O=C(Nc1cccc(S(=O)(=O)N2CCOCC2)c1)c1ccc2nc(C(F)F)[nH]c2c1. The summed E-state index contributed by atoms with van der Waals surface area (Å²) in [5.74, 6) is -0.977. The van der Waals surface area contributed by atoms with Gasteiger partial charge in [-0.05, 0) is 36.4 Å². The molecule has 2 N–H and O–H groups in total. The molecule has 0 atom stereocenters. The van der Waals surface area contributed by atoms with E-state index in [4.69, 9.17) is 4.74 Å². The first-order valence-electron chi connectivity index (χ1n) is 9.12. The number of sulfonamides is 1. The smallest absolute Gasteiger partial charge is 0.295 e. The molecule has 1 aliphatic heterocycles. The fourth-order valence-corrected chi connectivity index (χ4v) is 4.60. The van der Waals surface area contributed by atoms with E-state index in [1.807, 2.05) is 0 Å². The van der Waals surface area contributed by atoms with Crippen molar-refractivity contribution in [2.75, 3.05) is 31.6 Å². The summed E-state index contributed by atoms with van der Waals surface area (Å²) in [6.07, 6.45) is -2.74. The monoisotopic (exact) mass is 436 g/mol. The maximum atomic E-state index is 12.8. The Balaban J connectivity index is 1.55. The summed E-state index contributed by atoms with van der Waals surface area (Å²) in [6.45, 7) is 1.20. The number of anilines is 1. The quantitative estimate of drug-likeness (QED) is 0.640. The Morgan fingerprint density at radius 3 is 2.67 bits per heavy atom. The van der Waals surface area contributed by atoms with E-state index in [-0.39, 0.29) is 23.5 Å². The van der Waals surface area contributed by atoms with Crippen LogP contribution in [-0.2, 0) is 14.8 Å². The molecule has 11 heteroatoms. The maximum Gasteiger partial charge on any atom is 0.295 e. The molecule has 1 amide bonds. The molecule has 0 saturated carbocycles. The van der Waals surface area contributed by atoms with Gasteiger partial charge in [-0.2, -0.15) is 4.31 Å². The lowest BCUT2D eigenvalue weighted by Crippen LogP contribution is -2.40. The summed E-state index contributed by atoms with van der Waals surface area (Å²) >= 11 is 0. The Bertz CT molecular complexity index is 1190. The van der Waals surface area contributed by atoms with Gasteiger partial charge in [-0.15, -0.1) is 0 Å². The second kappa shape index (κ2) is 8.09. The minimum Gasteiger partial charge on any atom is -0.379 e. The standard InChI is InChI=1S/C19H18F2N4O4S/c20-17(21)18-23-15-5-4-12(10-16(15)24-18)19(26)22-13-2-1-3-14(11-13)30(27,28)25-6-8-29-9-7-25/h1-5,10-11,17H,6-9H2,(H,22,26)(H,23,24). The van der Waals surface area contributed by atoms with Gasteiger partial charge in [0.15, 0.2) is 5.82 Å². The van der Waals surface area contributed by atoms with Gasteiger partial charge in [0, 0.05) is 24.3 Å². The van der Waals surface area contributed by atoms with Crippen molar-refractivity contribution in [2.24, 2.45) is 0 Å². The highest BCUT2D eigenvalue weighted by Gasteiger charge is 2.26. The zero-order valence-electron chi connectivity index (χ0n) is 15.6. The van der Waals surface area contributed by atoms with Gasteiger partial charge in [0.05, 0.1) is 29.1 Å². The van der Waals surface area contributed by atoms with E-state index in [9.17, 15) is 22.0 Å². The van der Waals surface area contributed by atoms with Crippen LogP contribution in [0.5, 0.6) is 0 Å². The van der Waals surface area contributed by atoms with Crippen LogP contribution in [0, 0.1) is 0 Å². The van der Waals surface area contributed by atoms with Gasteiger partial charge >= 0.3 is 0 Å². The van der Waals surface area contributed by atoms with Crippen molar-refractivity contribution in [1.82, 2.24) is 14.3 Å². The van der Waals surface area contributed by atoms with Gasteiger partial charge in [-0.3, -0.25) is 4.79 Å². The zero-order valence-corrected chi connectivity index (χ0v) is 16.5. The number of hydrogen-bond acceptors (Lipinski definition) is 5. The van der Waals surface area contributed by atoms with Crippen LogP contribution in [0.3, 0.4) is 0 Å². The number of benzene rings is 2. The fraction of sp³-hybridized carbons (Fsp3) is 0.263. The molecule has 1 aliphatic rings. The first-order chi connectivity index (χ1) is 14.3. The van der Waals surface area contributed by atoms with Crippen LogP contribution in [0.1, 0.15) is 22.6 Å². The third-order valence-corrected chi connectivity index (χ3v) is 6.56. The van der Waals surface area contributed by atoms with Gasteiger partial charge < -0.3 is 15.0 Å². The molecule has 8 nitrogen and oxygen atoms in total. The van der Waals surface area contributed by atoms with Crippen LogP contribution in [0.15, 0.2) is 47.4 Å². The summed E-state index contributed by atoms with van der Waals surface area (Å²) in [4.78, 5) is 18.9. The molecule has 4 rings (SSSR count). The highest BCUT2D eigenvalue weighted by molar-refractivity contribution is 7.89. The molecule has 30 heavy (non-hydrogen) atoms. The highest BCUT2D eigenvalue weighted by Crippen LogP contribution is 2.23. The van der Waals surface area contributed by atoms with Gasteiger partial charge in [-0.25, -0.2) is 22.2 Å². The molecule has 0 aliphatic carbocycles. The van der Waals surface area contributed by atoms with Gasteiger partial charge in [-0.1, -0.05) is 6.07 Å². The van der Waals surface area contributed by atoms with Crippen molar-refractivity contribution in [1.29, 1.82) is 0 Å².